The predicted octanol–water partition coefficient (Wildman–Crippen LogP) is 1.58. The van der Waals surface area contributed by atoms with Gasteiger partial charge in [0.05, 0.1) is 12.6 Å². The largest absolute Gasteiger partial charge is 0.464 e. The molecular formula is C14H19N3O2. The topological polar surface area (TPSA) is 55.6 Å². The van der Waals surface area contributed by atoms with Crippen molar-refractivity contribution in [2.75, 3.05) is 14.2 Å². The Morgan fingerprint density at radius 1 is 1.53 bits per heavy atom. The summed E-state index contributed by atoms with van der Waals surface area (Å²) in [6.45, 7) is 4.09. The van der Waals surface area contributed by atoms with Gasteiger partial charge in [0.15, 0.2) is 5.69 Å². The van der Waals surface area contributed by atoms with Gasteiger partial charge in [0.25, 0.3) is 0 Å². The van der Waals surface area contributed by atoms with Gasteiger partial charge in [-0.25, -0.2) is 9.78 Å². The number of carbonyl (C=O) groups excluding carboxylic acids is 1. The predicted molar refractivity (Wildman–Crippen MR) is 73.5 cm³/mol. The van der Waals surface area contributed by atoms with Crippen LogP contribution in [0.1, 0.15) is 28.8 Å². The maximum atomic E-state index is 11.8. The summed E-state index contributed by atoms with van der Waals surface area (Å²) in [5, 5.41) is 3.18. The van der Waals surface area contributed by atoms with Gasteiger partial charge in [-0.2, -0.15) is 0 Å². The minimum atomic E-state index is -0.398. The zero-order valence-electron chi connectivity index (χ0n) is 11.7. The Labute approximate surface area is 112 Å². The van der Waals surface area contributed by atoms with Gasteiger partial charge in [-0.1, -0.05) is 6.07 Å². The van der Waals surface area contributed by atoms with Crippen molar-refractivity contribution >= 4 is 11.5 Å². The van der Waals surface area contributed by atoms with Crippen molar-refractivity contribution in [3.63, 3.8) is 0 Å². The van der Waals surface area contributed by atoms with Gasteiger partial charge in [-0.05, 0) is 32.5 Å². The Balaban J connectivity index is 2.56. The van der Waals surface area contributed by atoms with Crippen molar-refractivity contribution in [1.82, 2.24) is 14.7 Å². The first-order valence-electron chi connectivity index (χ1n) is 6.30. The molecule has 0 radical (unpaired) electrons. The minimum absolute atomic E-state index is 0.289. The van der Waals surface area contributed by atoms with Crippen LogP contribution in [0.3, 0.4) is 0 Å². The molecule has 0 saturated heterocycles. The summed E-state index contributed by atoms with van der Waals surface area (Å²) in [4.78, 5) is 16.2. The van der Waals surface area contributed by atoms with Crippen LogP contribution in [0.25, 0.3) is 5.52 Å². The van der Waals surface area contributed by atoms with Crippen molar-refractivity contribution in [3.05, 3.63) is 35.4 Å². The number of fused-ring (bicyclic) bond motifs is 1. The summed E-state index contributed by atoms with van der Waals surface area (Å²) < 4.78 is 6.76. The maximum absolute atomic E-state index is 11.8. The van der Waals surface area contributed by atoms with E-state index in [-0.39, 0.29) is 6.04 Å². The Bertz CT molecular complexity index is 604. The molecule has 19 heavy (non-hydrogen) atoms. The summed E-state index contributed by atoms with van der Waals surface area (Å²) in [5.41, 5.74) is 2.29. The first-order chi connectivity index (χ1) is 9.06. The lowest BCUT2D eigenvalue weighted by molar-refractivity contribution is 0.0596. The molecule has 1 N–H and O–H groups in total. The van der Waals surface area contributed by atoms with Crippen LogP contribution < -0.4 is 5.32 Å². The van der Waals surface area contributed by atoms with Crippen LogP contribution in [-0.2, 0) is 11.2 Å². The van der Waals surface area contributed by atoms with E-state index in [0.29, 0.717) is 5.69 Å². The number of esters is 1. The number of hydrogen-bond donors (Lipinski definition) is 1. The van der Waals surface area contributed by atoms with E-state index in [4.69, 9.17) is 4.74 Å². The number of methoxy groups -OCH3 is 1. The standard InChI is InChI=1S/C14H19N3O2/c1-9-5-6-11-13(14(18)19-4)16-12(17(11)8-9)7-10(2)15-3/h5-6,8,10,15H,7H2,1-4H3. The van der Waals surface area contributed by atoms with Crippen molar-refractivity contribution < 1.29 is 9.53 Å². The smallest absolute Gasteiger partial charge is 0.358 e. The highest BCUT2D eigenvalue weighted by atomic mass is 16.5. The van der Waals surface area contributed by atoms with E-state index in [2.05, 4.69) is 17.2 Å². The lowest BCUT2D eigenvalue weighted by Gasteiger charge is -2.08. The van der Waals surface area contributed by atoms with Gasteiger partial charge < -0.3 is 14.5 Å². The fourth-order valence-corrected chi connectivity index (χ4v) is 2.02. The Kier molecular flexibility index (Phi) is 3.85. The van der Waals surface area contributed by atoms with Gasteiger partial charge in [-0.15, -0.1) is 0 Å². The molecule has 5 heteroatoms. The van der Waals surface area contributed by atoms with Crippen LogP contribution in [0.15, 0.2) is 18.3 Å². The summed E-state index contributed by atoms with van der Waals surface area (Å²) in [7, 11) is 3.28. The van der Waals surface area contributed by atoms with Crippen molar-refractivity contribution in [2.24, 2.45) is 0 Å². The van der Waals surface area contributed by atoms with Gasteiger partial charge >= 0.3 is 5.97 Å². The van der Waals surface area contributed by atoms with Crippen LogP contribution in [0, 0.1) is 6.92 Å². The average molecular weight is 261 g/mol. The van der Waals surface area contributed by atoms with Crippen LogP contribution in [0.5, 0.6) is 0 Å². The molecule has 2 rings (SSSR count). The second kappa shape index (κ2) is 5.40. The first-order valence-corrected chi connectivity index (χ1v) is 6.30. The number of nitrogens with one attached hydrogen (secondary N) is 1. The lowest BCUT2D eigenvalue weighted by atomic mass is 10.2. The van der Waals surface area contributed by atoms with Gasteiger partial charge in [-0.3, -0.25) is 0 Å². The minimum Gasteiger partial charge on any atom is -0.464 e. The number of imidazole rings is 1. The normalized spacial score (nSPS) is 12.6. The molecule has 0 aliphatic rings. The van der Waals surface area contributed by atoms with Crippen LogP contribution in [0.4, 0.5) is 0 Å². The molecule has 0 bridgehead atoms. The quantitative estimate of drug-likeness (QED) is 0.849. The number of rotatable bonds is 4. The third kappa shape index (κ3) is 2.61. The fraction of sp³-hybridized carbons (Fsp3) is 0.429. The molecular weight excluding hydrogens is 242 g/mol. The highest BCUT2D eigenvalue weighted by Gasteiger charge is 2.18. The number of pyridine rings is 1. The van der Waals surface area contributed by atoms with E-state index >= 15 is 0 Å². The zero-order chi connectivity index (χ0) is 14.0. The molecule has 0 spiro atoms. The van der Waals surface area contributed by atoms with Gasteiger partial charge in [0.2, 0.25) is 0 Å². The fourth-order valence-electron chi connectivity index (χ4n) is 2.02. The van der Waals surface area contributed by atoms with Gasteiger partial charge in [0, 0.05) is 18.7 Å². The molecule has 102 valence electrons. The Hall–Kier alpha value is -1.88. The highest BCUT2D eigenvalue weighted by molar-refractivity contribution is 5.95. The second-order valence-corrected chi connectivity index (χ2v) is 4.72. The Morgan fingerprint density at radius 2 is 2.26 bits per heavy atom. The van der Waals surface area contributed by atoms with Crippen LogP contribution in [0.2, 0.25) is 0 Å². The molecule has 0 saturated carbocycles. The molecule has 0 aliphatic carbocycles. The number of aryl methyl sites for hydroxylation is 1. The molecule has 0 amide bonds. The second-order valence-electron chi connectivity index (χ2n) is 4.72. The summed E-state index contributed by atoms with van der Waals surface area (Å²) in [5.74, 6) is 0.464. The summed E-state index contributed by atoms with van der Waals surface area (Å²) >= 11 is 0. The number of carbonyl (C=O) groups is 1. The maximum Gasteiger partial charge on any atom is 0.358 e. The SMILES string of the molecule is CNC(C)Cc1nc(C(=O)OC)c2ccc(C)cn12. The van der Waals surface area contributed by atoms with Gasteiger partial charge in [0.1, 0.15) is 5.82 Å². The average Bonchev–Trinajstić information content (AvgIpc) is 2.76. The summed E-state index contributed by atoms with van der Waals surface area (Å²) in [6.07, 6.45) is 2.74. The van der Waals surface area contributed by atoms with E-state index in [1.807, 2.05) is 36.7 Å². The molecule has 2 aromatic heterocycles. The van der Waals surface area contributed by atoms with Crippen LogP contribution >= 0.6 is 0 Å². The number of ether oxygens (including phenoxy) is 1. The third-order valence-electron chi connectivity index (χ3n) is 3.22. The number of likely N-dealkylation sites (N-methyl/N-ethyl adjacent to an activating group) is 1. The van der Waals surface area contributed by atoms with E-state index < -0.39 is 5.97 Å². The van der Waals surface area contributed by atoms with E-state index in [0.717, 1.165) is 23.3 Å². The molecule has 2 aromatic rings. The molecule has 2 heterocycles. The number of hydrogen-bond acceptors (Lipinski definition) is 4. The Morgan fingerprint density at radius 3 is 2.89 bits per heavy atom. The molecule has 5 nitrogen and oxygen atoms in total. The van der Waals surface area contributed by atoms with E-state index in [1.165, 1.54) is 7.11 Å². The monoisotopic (exact) mass is 261 g/mol. The van der Waals surface area contributed by atoms with Crippen molar-refractivity contribution in [2.45, 2.75) is 26.3 Å². The molecule has 0 aliphatic heterocycles. The molecule has 1 unspecified atom stereocenters. The molecule has 1 atom stereocenters. The number of nitrogens with zero attached hydrogens (tertiary/aromatic N) is 2. The molecule has 0 fully saturated rings. The van der Waals surface area contributed by atoms with Crippen molar-refractivity contribution in [1.29, 1.82) is 0 Å². The van der Waals surface area contributed by atoms with E-state index in [1.54, 1.807) is 0 Å². The van der Waals surface area contributed by atoms with E-state index in [9.17, 15) is 4.79 Å². The lowest BCUT2D eigenvalue weighted by Crippen LogP contribution is -2.24. The highest BCUT2D eigenvalue weighted by Crippen LogP contribution is 2.16. The third-order valence-corrected chi connectivity index (χ3v) is 3.22. The van der Waals surface area contributed by atoms with Crippen molar-refractivity contribution in [3.8, 4) is 0 Å². The zero-order valence-corrected chi connectivity index (χ0v) is 11.7. The van der Waals surface area contributed by atoms with Crippen LogP contribution in [-0.4, -0.2) is 35.6 Å². The number of aromatic nitrogens is 2. The molecule has 0 aromatic carbocycles. The summed E-state index contributed by atoms with van der Waals surface area (Å²) in [6, 6.07) is 4.16. The first kappa shape index (κ1) is 13.5.